The normalized spacial score (nSPS) is 11.0. The number of hydrogen-bond donors (Lipinski definition) is 2. The molecule has 0 aliphatic heterocycles. The van der Waals surface area contributed by atoms with Crippen molar-refractivity contribution in [2.24, 2.45) is 0 Å². The van der Waals surface area contributed by atoms with E-state index in [0.717, 1.165) is 5.56 Å². The molecule has 0 spiro atoms. The molecule has 164 valence electrons. The number of benzene rings is 2. The van der Waals surface area contributed by atoms with Gasteiger partial charge in [-0.3, -0.25) is 10.1 Å². The molecular formula is C23H26N2O6. The number of para-hydroxylation sites is 2. The second kappa shape index (κ2) is 10.8. The van der Waals surface area contributed by atoms with Crippen LogP contribution in [-0.2, 0) is 19.1 Å². The van der Waals surface area contributed by atoms with Gasteiger partial charge in [0.15, 0.2) is 6.61 Å². The lowest BCUT2D eigenvalue weighted by Gasteiger charge is -2.20. The monoisotopic (exact) mass is 426 g/mol. The van der Waals surface area contributed by atoms with E-state index < -0.39 is 23.6 Å². The van der Waals surface area contributed by atoms with E-state index in [1.165, 1.54) is 13.2 Å². The minimum atomic E-state index is -0.638. The van der Waals surface area contributed by atoms with Crippen molar-refractivity contribution < 1.29 is 28.6 Å². The van der Waals surface area contributed by atoms with Gasteiger partial charge in [-0.05, 0) is 56.7 Å². The van der Waals surface area contributed by atoms with Gasteiger partial charge in [-0.2, -0.15) is 0 Å². The topological polar surface area (TPSA) is 103 Å². The fourth-order valence-corrected chi connectivity index (χ4v) is 2.36. The average molecular weight is 426 g/mol. The molecular weight excluding hydrogens is 400 g/mol. The maximum Gasteiger partial charge on any atom is 0.412 e. The zero-order valence-corrected chi connectivity index (χ0v) is 17.9. The van der Waals surface area contributed by atoms with Gasteiger partial charge in [0.1, 0.15) is 11.4 Å². The smallest absolute Gasteiger partial charge is 0.412 e. The molecule has 8 nitrogen and oxygen atoms in total. The quantitative estimate of drug-likeness (QED) is 0.507. The van der Waals surface area contributed by atoms with E-state index >= 15 is 0 Å². The summed E-state index contributed by atoms with van der Waals surface area (Å²) >= 11 is 0. The number of ether oxygens (including phenoxy) is 3. The van der Waals surface area contributed by atoms with Crippen LogP contribution in [0.5, 0.6) is 5.75 Å². The van der Waals surface area contributed by atoms with Gasteiger partial charge in [0.05, 0.1) is 18.5 Å². The Labute approximate surface area is 181 Å². The predicted octanol–water partition coefficient (Wildman–Crippen LogP) is 4.24. The van der Waals surface area contributed by atoms with E-state index in [1.807, 2.05) is 0 Å². The Kier molecular flexibility index (Phi) is 8.19. The molecule has 0 saturated carbocycles. The molecule has 31 heavy (non-hydrogen) atoms. The van der Waals surface area contributed by atoms with Crippen molar-refractivity contribution in [2.45, 2.75) is 26.4 Å². The van der Waals surface area contributed by atoms with Crippen LogP contribution in [0.1, 0.15) is 26.3 Å². The maximum atomic E-state index is 12.3. The second-order valence-electron chi connectivity index (χ2n) is 7.43. The number of amides is 2. The first-order valence-electron chi connectivity index (χ1n) is 9.54. The van der Waals surface area contributed by atoms with Gasteiger partial charge in [0, 0.05) is 6.08 Å². The van der Waals surface area contributed by atoms with Gasteiger partial charge in [0.2, 0.25) is 0 Å². The Morgan fingerprint density at radius 2 is 1.55 bits per heavy atom. The fraction of sp³-hybridized carbons (Fsp3) is 0.261. The van der Waals surface area contributed by atoms with Crippen LogP contribution in [0.4, 0.5) is 16.2 Å². The number of hydrogen-bond acceptors (Lipinski definition) is 6. The summed E-state index contributed by atoms with van der Waals surface area (Å²) in [5.41, 5.74) is 0.974. The van der Waals surface area contributed by atoms with Crippen LogP contribution in [0.3, 0.4) is 0 Å². The summed E-state index contributed by atoms with van der Waals surface area (Å²) in [7, 11) is 1.31. The molecule has 2 N–H and O–H groups in total. The first-order valence-corrected chi connectivity index (χ1v) is 9.54. The highest BCUT2D eigenvalue weighted by atomic mass is 16.6. The summed E-state index contributed by atoms with van der Waals surface area (Å²) in [6.07, 6.45) is 2.30. The van der Waals surface area contributed by atoms with Gasteiger partial charge < -0.3 is 19.5 Å². The summed E-state index contributed by atoms with van der Waals surface area (Å²) < 4.78 is 15.3. The van der Waals surface area contributed by atoms with Crippen molar-refractivity contribution in [3.63, 3.8) is 0 Å². The Hall–Kier alpha value is -3.81. The van der Waals surface area contributed by atoms with Gasteiger partial charge >= 0.3 is 12.1 Å². The molecule has 8 heteroatoms. The van der Waals surface area contributed by atoms with E-state index in [1.54, 1.807) is 75.4 Å². The van der Waals surface area contributed by atoms with Gasteiger partial charge in [-0.25, -0.2) is 9.59 Å². The van der Waals surface area contributed by atoms with E-state index in [9.17, 15) is 14.4 Å². The van der Waals surface area contributed by atoms with Crippen LogP contribution in [0.15, 0.2) is 54.6 Å². The molecule has 2 aromatic rings. The third kappa shape index (κ3) is 8.61. The summed E-state index contributed by atoms with van der Waals surface area (Å²) in [5, 5.41) is 5.32. The predicted molar refractivity (Wildman–Crippen MR) is 118 cm³/mol. The number of carbonyl (C=O) groups excluding carboxylic acids is 3. The minimum Gasteiger partial charge on any atom is -0.484 e. The molecule has 2 rings (SSSR count). The van der Waals surface area contributed by atoms with Gasteiger partial charge in [-0.1, -0.05) is 24.3 Å². The van der Waals surface area contributed by atoms with E-state index in [4.69, 9.17) is 9.47 Å². The fourth-order valence-electron chi connectivity index (χ4n) is 2.36. The van der Waals surface area contributed by atoms with Crippen LogP contribution in [0.25, 0.3) is 6.08 Å². The van der Waals surface area contributed by atoms with Crippen LogP contribution < -0.4 is 15.4 Å². The number of anilines is 2. The highest BCUT2D eigenvalue weighted by Gasteiger charge is 2.17. The van der Waals surface area contributed by atoms with E-state index in [2.05, 4.69) is 15.4 Å². The SMILES string of the molecule is COC(=O)/C=C/c1ccc(OCC(=O)Nc2ccccc2NC(=O)OC(C)(C)C)cc1. The lowest BCUT2D eigenvalue weighted by atomic mass is 10.2. The van der Waals surface area contributed by atoms with E-state index in [-0.39, 0.29) is 6.61 Å². The number of methoxy groups -OCH3 is 1. The summed E-state index contributed by atoms with van der Waals surface area (Å²) in [6, 6.07) is 13.6. The lowest BCUT2D eigenvalue weighted by molar-refractivity contribution is -0.134. The Morgan fingerprint density at radius 3 is 2.13 bits per heavy atom. The zero-order valence-electron chi connectivity index (χ0n) is 17.9. The molecule has 0 radical (unpaired) electrons. The van der Waals surface area contributed by atoms with Gasteiger partial charge in [-0.15, -0.1) is 0 Å². The van der Waals surface area contributed by atoms with Crippen LogP contribution in [0, 0.1) is 0 Å². The molecule has 0 aliphatic rings. The molecule has 0 aliphatic carbocycles. The van der Waals surface area contributed by atoms with Crippen molar-refractivity contribution in [1.82, 2.24) is 0 Å². The van der Waals surface area contributed by atoms with Crippen molar-refractivity contribution in [2.75, 3.05) is 24.4 Å². The summed E-state index contributed by atoms with van der Waals surface area (Å²) in [6.45, 7) is 5.07. The highest BCUT2D eigenvalue weighted by Crippen LogP contribution is 2.22. The molecule has 0 heterocycles. The Balaban J connectivity index is 1.91. The number of esters is 1. The molecule has 0 atom stereocenters. The number of carbonyl (C=O) groups is 3. The first-order chi connectivity index (χ1) is 14.7. The summed E-state index contributed by atoms with van der Waals surface area (Å²) in [4.78, 5) is 35.4. The Bertz CT molecular complexity index is 945. The van der Waals surface area contributed by atoms with Crippen LogP contribution in [0.2, 0.25) is 0 Å². The molecule has 0 aromatic heterocycles. The third-order valence-corrected chi connectivity index (χ3v) is 3.70. The molecule has 2 aromatic carbocycles. The molecule has 0 fully saturated rings. The molecule has 0 unspecified atom stereocenters. The first kappa shape index (κ1) is 23.5. The lowest BCUT2D eigenvalue weighted by Crippen LogP contribution is -2.28. The molecule has 2 amide bonds. The van der Waals surface area contributed by atoms with Crippen molar-refractivity contribution in [1.29, 1.82) is 0 Å². The molecule has 0 saturated heterocycles. The summed E-state index contributed by atoms with van der Waals surface area (Å²) in [5.74, 6) is -0.350. The molecule has 0 bridgehead atoms. The van der Waals surface area contributed by atoms with E-state index in [0.29, 0.717) is 17.1 Å². The van der Waals surface area contributed by atoms with Crippen LogP contribution in [-0.4, -0.2) is 37.3 Å². The number of nitrogens with one attached hydrogen (secondary N) is 2. The highest BCUT2D eigenvalue weighted by molar-refractivity contribution is 5.98. The second-order valence-corrected chi connectivity index (χ2v) is 7.43. The largest absolute Gasteiger partial charge is 0.484 e. The van der Waals surface area contributed by atoms with Crippen molar-refractivity contribution in [3.05, 3.63) is 60.2 Å². The zero-order chi connectivity index (χ0) is 22.9. The van der Waals surface area contributed by atoms with Crippen molar-refractivity contribution >= 4 is 35.4 Å². The minimum absolute atomic E-state index is 0.224. The van der Waals surface area contributed by atoms with Crippen LogP contribution >= 0.6 is 0 Å². The standard InChI is InChI=1S/C23H26N2O6/c1-23(2,3)31-22(28)25-19-8-6-5-7-18(19)24-20(26)15-30-17-12-9-16(10-13-17)11-14-21(27)29-4/h5-14H,15H2,1-4H3,(H,24,26)(H,25,28)/b14-11+. The third-order valence-electron chi connectivity index (χ3n) is 3.70. The maximum absolute atomic E-state index is 12.3. The Morgan fingerprint density at radius 1 is 0.935 bits per heavy atom. The average Bonchev–Trinajstić information content (AvgIpc) is 2.71. The van der Waals surface area contributed by atoms with Gasteiger partial charge in [0.25, 0.3) is 5.91 Å². The van der Waals surface area contributed by atoms with Crippen molar-refractivity contribution in [3.8, 4) is 5.75 Å². The number of rotatable bonds is 7.